The topological polar surface area (TPSA) is 71.8 Å². The molecule has 3 aliphatic rings. The number of benzene rings is 1. The van der Waals surface area contributed by atoms with E-state index in [1.807, 2.05) is 17.5 Å². The number of aliphatic hydroxyl groups is 2. The van der Waals surface area contributed by atoms with E-state index in [1.165, 1.54) is 29.7 Å². The number of hydrogen-bond donors (Lipinski definition) is 2. The van der Waals surface area contributed by atoms with Crippen molar-refractivity contribution >= 4 is 22.9 Å². The molecule has 3 fully saturated rings. The summed E-state index contributed by atoms with van der Waals surface area (Å²) in [5.41, 5.74) is 1.88. The van der Waals surface area contributed by atoms with Gasteiger partial charge in [0.2, 0.25) is 0 Å². The highest BCUT2D eigenvalue weighted by Crippen LogP contribution is 2.47. The summed E-state index contributed by atoms with van der Waals surface area (Å²) in [6.07, 6.45) is 4.50. The molecule has 5 nitrogen and oxygen atoms in total. The van der Waals surface area contributed by atoms with Crippen LogP contribution in [0.4, 0.5) is 0 Å². The molecule has 1 aromatic carbocycles. The quantitative estimate of drug-likeness (QED) is 0.700. The highest BCUT2D eigenvalue weighted by Gasteiger charge is 2.47. The number of rotatable bonds is 6. The van der Waals surface area contributed by atoms with Gasteiger partial charge in [0.15, 0.2) is 0 Å². The molecule has 156 valence electrons. The first kappa shape index (κ1) is 19.8. The fourth-order valence-electron chi connectivity index (χ4n) is 4.80. The largest absolute Gasteiger partial charge is 0.493 e. The van der Waals surface area contributed by atoms with E-state index in [2.05, 4.69) is 11.1 Å². The maximum absolute atomic E-state index is 10.7. The molecule has 1 aliphatic heterocycles. The van der Waals surface area contributed by atoms with Gasteiger partial charge in [-0.2, -0.15) is 0 Å². The Balaban J connectivity index is 1.22. The minimum absolute atomic E-state index is 0.0334. The van der Waals surface area contributed by atoms with Crippen LogP contribution in [0.25, 0.3) is 0 Å². The molecule has 2 heterocycles. The number of ether oxygens (including phenoxy) is 2. The van der Waals surface area contributed by atoms with Crippen molar-refractivity contribution in [2.75, 3.05) is 6.61 Å². The van der Waals surface area contributed by atoms with Gasteiger partial charge in [-0.3, -0.25) is 0 Å². The molecular weight excluding hydrogens is 410 g/mol. The van der Waals surface area contributed by atoms with E-state index in [9.17, 15) is 10.2 Å². The first-order chi connectivity index (χ1) is 14.1. The Labute approximate surface area is 179 Å². The van der Waals surface area contributed by atoms with Crippen LogP contribution in [0.1, 0.15) is 60.4 Å². The third kappa shape index (κ3) is 4.06. The molecule has 7 heteroatoms. The van der Waals surface area contributed by atoms with Crippen LogP contribution in [-0.2, 0) is 11.3 Å². The molecule has 1 aromatic heterocycles. The number of fused-ring (bicyclic) bond motifs is 1. The van der Waals surface area contributed by atoms with E-state index in [-0.39, 0.29) is 24.7 Å². The van der Waals surface area contributed by atoms with Crippen LogP contribution in [0.3, 0.4) is 0 Å². The summed E-state index contributed by atoms with van der Waals surface area (Å²) >= 11 is 7.86. The average Bonchev–Trinajstić information content (AvgIpc) is 3.36. The van der Waals surface area contributed by atoms with Crippen molar-refractivity contribution in [2.45, 2.75) is 62.9 Å². The van der Waals surface area contributed by atoms with Crippen molar-refractivity contribution < 1.29 is 19.7 Å². The van der Waals surface area contributed by atoms with E-state index >= 15 is 0 Å². The fraction of sp³-hybridized carbons (Fsp3) is 0.591. The van der Waals surface area contributed by atoms with Gasteiger partial charge in [-0.25, -0.2) is 4.98 Å². The van der Waals surface area contributed by atoms with Gasteiger partial charge in [-0.05, 0) is 61.3 Å². The summed E-state index contributed by atoms with van der Waals surface area (Å²) in [5, 5.41) is 23.5. The zero-order valence-corrected chi connectivity index (χ0v) is 17.7. The van der Waals surface area contributed by atoms with E-state index in [4.69, 9.17) is 21.1 Å². The maximum Gasteiger partial charge on any atom is 0.122 e. The predicted molar refractivity (Wildman–Crippen MR) is 111 cm³/mol. The Kier molecular flexibility index (Phi) is 5.56. The Bertz CT molecular complexity index is 870. The van der Waals surface area contributed by atoms with Crippen LogP contribution >= 0.6 is 22.9 Å². The van der Waals surface area contributed by atoms with Gasteiger partial charge in [0.25, 0.3) is 0 Å². The number of thiazole rings is 1. The molecule has 2 N–H and O–H groups in total. The van der Waals surface area contributed by atoms with Crippen LogP contribution in [0.5, 0.6) is 5.75 Å². The number of nitrogens with zero attached hydrogens (tertiary/aromatic N) is 1. The lowest BCUT2D eigenvalue weighted by Gasteiger charge is -2.33. The molecule has 0 radical (unpaired) electrons. The molecule has 2 aliphatic carbocycles. The second-order valence-electron chi connectivity index (χ2n) is 8.48. The Morgan fingerprint density at radius 3 is 2.86 bits per heavy atom. The standard InChI is InChI=1S/C22H26ClNO4S/c23-18-5-3-14(7-16(18)12-1-2-12)27-10-17-15-4-6-20(28-21(15)8-19(17)26)22-24-13(9-25)11-29-22/h3,5,7,11-12,15,17,19-21,25-26H,1-2,4,6,8-10H2/t15-,17-,19+,20-,21+/m1/s1. The van der Waals surface area contributed by atoms with Gasteiger partial charge in [0, 0.05) is 22.7 Å². The van der Waals surface area contributed by atoms with Gasteiger partial charge < -0.3 is 19.7 Å². The van der Waals surface area contributed by atoms with Crippen molar-refractivity contribution in [3.05, 3.63) is 44.9 Å². The van der Waals surface area contributed by atoms with Crippen LogP contribution in [0.2, 0.25) is 5.02 Å². The summed E-state index contributed by atoms with van der Waals surface area (Å²) < 4.78 is 12.4. The van der Waals surface area contributed by atoms with Gasteiger partial charge in [-0.15, -0.1) is 11.3 Å². The minimum Gasteiger partial charge on any atom is -0.493 e. The second kappa shape index (κ2) is 8.16. The minimum atomic E-state index is -0.414. The molecule has 0 unspecified atom stereocenters. The van der Waals surface area contributed by atoms with E-state index < -0.39 is 6.10 Å². The first-order valence-electron chi connectivity index (χ1n) is 10.4. The lowest BCUT2D eigenvalue weighted by atomic mass is 9.87. The summed E-state index contributed by atoms with van der Waals surface area (Å²) in [7, 11) is 0. The number of aromatic nitrogens is 1. The fourth-order valence-corrected chi connectivity index (χ4v) is 5.95. The SMILES string of the molecule is OCc1csc([C@H]2CC[C@@H]3[C@@H](COc4ccc(Cl)c(C5CC5)c4)[C@@H](O)C[C@@H]3O2)n1. The molecule has 0 bridgehead atoms. The van der Waals surface area contributed by atoms with Gasteiger partial charge in [-0.1, -0.05) is 11.6 Å². The Morgan fingerprint density at radius 2 is 2.10 bits per heavy atom. The lowest BCUT2D eigenvalue weighted by Crippen LogP contribution is -2.33. The molecule has 5 rings (SSSR count). The van der Waals surface area contributed by atoms with Crippen molar-refractivity contribution in [1.29, 1.82) is 0 Å². The molecule has 1 saturated heterocycles. The third-order valence-corrected chi connectivity index (χ3v) is 7.86. The first-order valence-corrected chi connectivity index (χ1v) is 11.7. The Hall–Kier alpha value is -1.18. The summed E-state index contributed by atoms with van der Waals surface area (Å²) in [6.45, 7) is 0.453. The monoisotopic (exact) mass is 435 g/mol. The highest BCUT2D eigenvalue weighted by molar-refractivity contribution is 7.09. The lowest BCUT2D eigenvalue weighted by molar-refractivity contribution is -0.0812. The van der Waals surface area contributed by atoms with Crippen molar-refractivity contribution in [3.63, 3.8) is 0 Å². The molecule has 2 saturated carbocycles. The van der Waals surface area contributed by atoms with Crippen molar-refractivity contribution in [1.82, 2.24) is 4.98 Å². The van der Waals surface area contributed by atoms with Crippen LogP contribution in [0.15, 0.2) is 23.6 Å². The van der Waals surface area contributed by atoms with Gasteiger partial charge in [0.05, 0.1) is 31.1 Å². The molecule has 2 aromatic rings. The summed E-state index contributed by atoms with van der Waals surface area (Å²) in [4.78, 5) is 4.46. The summed E-state index contributed by atoms with van der Waals surface area (Å²) in [6, 6.07) is 5.90. The van der Waals surface area contributed by atoms with Crippen LogP contribution in [-0.4, -0.2) is 34.0 Å². The number of aliphatic hydroxyl groups excluding tert-OH is 2. The summed E-state index contributed by atoms with van der Waals surface area (Å²) in [5.74, 6) is 1.79. The normalized spacial score (nSPS) is 31.6. The number of halogens is 1. The smallest absolute Gasteiger partial charge is 0.122 e. The predicted octanol–water partition coefficient (Wildman–Crippen LogP) is 4.46. The molecule has 29 heavy (non-hydrogen) atoms. The van der Waals surface area contributed by atoms with E-state index in [0.29, 0.717) is 30.6 Å². The van der Waals surface area contributed by atoms with Crippen molar-refractivity contribution in [3.8, 4) is 5.75 Å². The van der Waals surface area contributed by atoms with Crippen molar-refractivity contribution in [2.24, 2.45) is 11.8 Å². The molecule has 0 spiro atoms. The average molecular weight is 436 g/mol. The second-order valence-corrected chi connectivity index (χ2v) is 9.77. The van der Waals surface area contributed by atoms with Gasteiger partial charge in [0.1, 0.15) is 16.9 Å². The van der Waals surface area contributed by atoms with E-state index in [0.717, 1.165) is 28.6 Å². The zero-order chi connectivity index (χ0) is 20.0. The molecule has 0 amide bonds. The molecular formula is C22H26ClNO4S. The van der Waals surface area contributed by atoms with Gasteiger partial charge >= 0.3 is 0 Å². The highest BCUT2D eigenvalue weighted by atomic mass is 35.5. The maximum atomic E-state index is 10.7. The Morgan fingerprint density at radius 1 is 1.24 bits per heavy atom. The van der Waals surface area contributed by atoms with E-state index in [1.54, 1.807) is 0 Å². The molecule has 5 atom stereocenters. The zero-order valence-electron chi connectivity index (χ0n) is 16.2. The van der Waals surface area contributed by atoms with Crippen LogP contribution < -0.4 is 4.74 Å². The number of hydrogen-bond acceptors (Lipinski definition) is 6. The third-order valence-electron chi connectivity index (χ3n) is 6.53. The van der Waals surface area contributed by atoms with Crippen LogP contribution in [0, 0.1) is 11.8 Å².